The van der Waals surface area contributed by atoms with Crippen LogP contribution in [-0.2, 0) is 20.2 Å². The molecule has 0 radical (unpaired) electrons. The van der Waals surface area contributed by atoms with E-state index in [-0.39, 0.29) is 5.70 Å². The van der Waals surface area contributed by atoms with E-state index in [1.807, 2.05) is 0 Å². The maximum Gasteiger partial charge on any atom is 0.289 e. The van der Waals surface area contributed by atoms with E-state index in [0.29, 0.717) is 5.69 Å². The SMILES string of the molecule is N[C@@]1(S(=O)(=O)O)C=CC(N=Nc2ccccc2)=C[C@@H]1S(=O)(=O)O. The van der Waals surface area contributed by atoms with Crippen molar-refractivity contribution >= 4 is 25.9 Å². The first kappa shape index (κ1) is 17.4. The Morgan fingerprint density at radius 3 is 2.17 bits per heavy atom. The van der Waals surface area contributed by atoms with Gasteiger partial charge in [-0.25, -0.2) is 0 Å². The van der Waals surface area contributed by atoms with E-state index in [0.717, 1.165) is 18.2 Å². The number of nitrogens with zero attached hydrogens (tertiary/aromatic N) is 2. The molecule has 1 aliphatic rings. The minimum atomic E-state index is -5.01. The molecule has 11 heteroatoms. The van der Waals surface area contributed by atoms with Crippen LogP contribution in [0.2, 0.25) is 0 Å². The van der Waals surface area contributed by atoms with Crippen LogP contribution in [0.25, 0.3) is 0 Å². The lowest BCUT2D eigenvalue weighted by Crippen LogP contribution is -2.58. The van der Waals surface area contributed by atoms with Crippen LogP contribution >= 0.6 is 0 Å². The van der Waals surface area contributed by atoms with Crippen LogP contribution < -0.4 is 5.73 Å². The largest absolute Gasteiger partial charge is 0.306 e. The van der Waals surface area contributed by atoms with Gasteiger partial charge in [0.1, 0.15) is 5.25 Å². The topological polar surface area (TPSA) is 159 Å². The van der Waals surface area contributed by atoms with E-state index in [1.54, 1.807) is 30.3 Å². The zero-order chi connectivity index (χ0) is 17.3. The minimum absolute atomic E-state index is 0.0406. The Balaban J connectivity index is 2.43. The Morgan fingerprint density at radius 2 is 1.65 bits per heavy atom. The maximum atomic E-state index is 11.4. The normalized spacial score (nSPS) is 25.5. The van der Waals surface area contributed by atoms with Crippen molar-refractivity contribution in [2.45, 2.75) is 10.1 Å². The van der Waals surface area contributed by atoms with Gasteiger partial charge in [0, 0.05) is 0 Å². The van der Waals surface area contributed by atoms with Gasteiger partial charge in [0.15, 0.2) is 4.87 Å². The lowest BCUT2D eigenvalue weighted by molar-refractivity contribution is 0.427. The summed E-state index contributed by atoms with van der Waals surface area (Å²) in [5.74, 6) is 0. The Labute approximate surface area is 132 Å². The second kappa shape index (κ2) is 5.94. The van der Waals surface area contributed by atoms with E-state index in [2.05, 4.69) is 10.2 Å². The second-order valence-corrected chi connectivity index (χ2v) is 7.92. The number of nitrogens with two attached hydrogens (primary N) is 1. The fraction of sp³-hybridized carbons (Fsp3) is 0.167. The van der Waals surface area contributed by atoms with Gasteiger partial charge in [0.2, 0.25) is 0 Å². The molecule has 0 unspecified atom stereocenters. The Bertz CT molecular complexity index is 890. The van der Waals surface area contributed by atoms with Gasteiger partial charge in [-0.1, -0.05) is 18.2 Å². The van der Waals surface area contributed by atoms with Crippen LogP contribution in [0.15, 0.2) is 64.5 Å². The average Bonchev–Trinajstić information content (AvgIpc) is 2.45. The molecular weight excluding hydrogens is 346 g/mol. The molecule has 0 fully saturated rings. The van der Waals surface area contributed by atoms with Crippen molar-refractivity contribution in [1.82, 2.24) is 0 Å². The zero-order valence-corrected chi connectivity index (χ0v) is 13.1. The quantitative estimate of drug-likeness (QED) is 0.534. The standard InChI is InChI=1S/C12H13N3O6S2/c13-12(23(19,20)21)7-6-10(8-11(12)22(16,17)18)15-14-9-4-2-1-3-5-9/h1-8,11H,13H2,(H,16,17,18)(H,19,20,21)/t11-,12+/m0/s1. The van der Waals surface area contributed by atoms with Crippen molar-refractivity contribution in [3.8, 4) is 0 Å². The molecule has 1 aliphatic carbocycles. The number of benzene rings is 1. The molecule has 0 amide bonds. The molecule has 0 aliphatic heterocycles. The number of hydrogen-bond acceptors (Lipinski definition) is 7. The van der Waals surface area contributed by atoms with Crippen LogP contribution in [-0.4, -0.2) is 36.1 Å². The summed E-state index contributed by atoms with van der Waals surface area (Å²) in [6, 6.07) is 8.47. The third kappa shape index (κ3) is 3.71. The number of hydrogen-bond donors (Lipinski definition) is 3. The van der Waals surface area contributed by atoms with E-state index >= 15 is 0 Å². The van der Waals surface area contributed by atoms with Gasteiger partial charge in [0.05, 0.1) is 11.4 Å². The molecule has 0 heterocycles. The van der Waals surface area contributed by atoms with Crippen LogP contribution in [0.3, 0.4) is 0 Å². The highest BCUT2D eigenvalue weighted by Gasteiger charge is 2.51. The Kier molecular flexibility index (Phi) is 4.50. The molecule has 23 heavy (non-hydrogen) atoms. The Morgan fingerprint density at radius 1 is 1.04 bits per heavy atom. The lowest BCUT2D eigenvalue weighted by Gasteiger charge is -2.29. The van der Waals surface area contributed by atoms with Crippen molar-refractivity contribution in [2.24, 2.45) is 16.0 Å². The Hall–Kier alpha value is -1.92. The third-order valence-corrected chi connectivity index (χ3v) is 5.69. The molecule has 4 N–H and O–H groups in total. The zero-order valence-electron chi connectivity index (χ0n) is 11.5. The van der Waals surface area contributed by atoms with Crippen LogP contribution in [0.1, 0.15) is 0 Å². The lowest BCUT2D eigenvalue weighted by atomic mass is 10.1. The molecule has 0 bridgehead atoms. The summed E-state index contributed by atoms with van der Waals surface area (Å²) < 4.78 is 64.0. The summed E-state index contributed by atoms with van der Waals surface area (Å²) in [5, 5.41) is 5.46. The molecular formula is C12H13N3O6S2. The molecule has 9 nitrogen and oxygen atoms in total. The van der Waals surface area contributed by atoms with Crippen molar-refractivity contribution in [3.63, 3.8) is 0 Å². The summed E-state index contributed by atoms with van der Waals surface area (Å²) in [6.07, 6.45) is 2.62. The van der Waals surface area contributed by atoms with Gasteiger partial charge in [-0.2, -0.15) is 27.1 Å². The number of azo groups is 1. The van der Waals surface area contributed by atoms with Gasteiger partial charge in [0.25, 0.3) is 20.2 Å². The number of rotatable bonds is 4. The molecule has 1 aromatic rings. The number of allylic oxidation sites excluding steroid dienone is 1. The molecule has 2 rings (SSSR count). The first-order valence-corrected chi connectivity index (χ1v) is 9.08. The monoisotopic (exact) mass is 359 g/mol. The van der Waals surface area contributed by atoms with Gasteiger partial charge < -0.3 is 5.73 Å². The minimum Gasteiger partial charge on any atom is -0.306 e. The molecule has 0 saturated carbocycles. The van der Waals surface area contributed by atoms with Gasteiger partial charge in [-0.05, 0) is 30.4 Å². The first-order chi connectivity index (χ1) is 10.5. The molecule has 1 aromatic carbocycles. The van der Waals surface area contributed by atoms with Crippen molar-refractivity contribution in [2.75, 3.05) is 0 Å². The summed E-state index contributed by atoms with van der Waals surface area (Å²) in [6.45, 7) is 0. The first-order valence-electron chi connectivity index (χ1n) is 6.14. The molecule has 2 atom stereocenters. The summed E-state index contributed by atoms with van der Waals surface area (Å²) in [4.78, 5) is -2.72. The maximum absolute atomic E-state index is 11.4. The molecule has 124 valence electrons. The molecule has 0 aromatic heterocycles. The van der Waals surface area contributed by atoms with E-state index in [4.69, 9.17) is 10.3 Å². The highest BCUT2D eigenvalue weighted by Crippen LogP contribution is 2.29. The van der Waals surface area contributed by atoms with E-state index < -0.39 is 30.4 Å². The summed E-state index contributed by atoms with van der Waals surface area (Å²) >= 11 is 0. The average molecular weight is 359 g/mol. The van der Waals surface area contributed by atoms with E-state index in [9.17, 15) is 21.4 Å². The second-order valence-electron chi connectivity index (χ2n) is 4.72. The van der Waals surface area contributed by atoms with Gasteiger partial charge in [-0.3, -0.25) is 9.11 Å². The fourth-order valence-corrected chi connectivity index (χ4v) is 4.07. The highest BCUT2D eigenvalue weighted by molar-refractivity contribution is 7.91. The van der Waals surface area contributed by atoms with Gasteiger partial charge in [-0.15, -0.1) is 0 Å². The van der Waals surface area contributed by atoms with Crippen LogP contribution in [0, 0.1) is 0 Å². The van der Waals surface area contributed by atoms with Crippen molar-refractivity contribution < 1.29 is 25.9 Å². The predicted molar refractivity (Wildman–Crippen MR) is 82.0 cm³/mol. The van der Waals surface area contributed by atoms with E-state index in [1.165, 1.54) is 0 Å². The van der Waals surface area contributed by atoms with Crippen LogP contribution in [0.4, 0.5) is 5.69 Å². The molecule has 0 saturated heterocycles. The van der Waals surface area contributed by atoms with Crippen molar-refractivity contribution in [1.29, 1.82) is 0 Å². The van der Waals surface area contributed by atoms with Crippen LogP contribution in [0.5, 0.6) is 0 Å². The smallest absolute Gasteiger partial charge is 0.289 e. The third-order valence-electron chi connectivity index (χ3n) is 3.09. The molecule has 0 spiro atoms. The summed E-state index contributed by atoms with van der Waals surface area (Å²) in [7, 11) is -9.94. The predicted octanol–water partition coefficient (Wildman–Crippen LogP) is 1.02. The highest BCUT2D eigenvalue weighted by atomic mass is 32.2. The van der Waals surface area contributed by atoms with Gasteiger partial charge >= 0.3 is 0 Å². The van der Waals surface area contributed by atoms with Crippen molar-refractivity contribution in [3.05, 3.63) is 54.3 Å². The fourth-order valence-electron chi connectivity index (χ4n) is 1.88. The summed E-state index contributed by atoms with van der Waals surface area (Å²) in [5.41, 5.74) is 5.89.